The fourth-order valence-corrected chi connectivity index (χ4v) is 3.75. The van der Waals surface area contributed by atoms with Crippen LogP contribution in [0, 0.1) is 17.2 Å². The third-order valence-electron chi connectivity index (χ3n) is 5.34. The van der Waals surface area contributed by atoms with E-state index in [0.29, 0.717) is 11.7 Å². The number of benzene rings is 1. The normalized spacial score (nSPS) is 15.0. The summed E-state index contributed by atoms with van der Waals surface area (Å²) in [6, 6.07) is 12.5. The maximum atomic E-state index is 12.3. The van der Waals surface area contributed by atoms with Gasteiger partial charge in [0.15, 0.2) is 5.56 Å². The molecule has 0 unspecified atom stereocenters. The molecule has 0 radical (unpaired) electrons. The van der Waals surface area contributed by atoms with Crippen molar-refractivity contribution >= 4 is 5.82 Å². The van der Waals surface area contributed by atoms with E-state index in [2.05, 4.69) is 24.3 Å². The second-order valence-corrected chi connectivity index (χ2v) is 6.97. The predicted molar refractivity (Wildman–Crippen MR) is 101 cm³/mol. The Kier molecular flexibility index (Phi) is 5.27. The Bertz CT molecular complexity index is 929. The molecule has 0 amide bonds. The van der Waals surface area contributed by atoms with Crippen molar-refractivity contribution < 1.29 is 0 Å². The first-order chi connectivity index (χ1) is 12.5. The zero-order valence-corrected chi connectivity index (χ0v) is 15.3. The molecule has 26 heavy (non-hydrogen) atoms. The van der Waals surface area contributed by atoms with Crippen LogP contribution in [-0.2, 0) is 20.5 Å². The fraction of sp³-hybridized carbons (Fsp3) is 0.450. The quantitative estimate of drug-likeness (QED) is 0.841. The largest absolute Gasteiger partial charge is 0.357 e. The van der Waals surface area contributed by atoms with Crippen molar-refractivity contribution in [3.8, 4) is 6.07 Å². The highest BCUT2D eigenvalue weighted by Gasteiger charge is 2.25. The molecule has 136 valence electrons. The minimum absolute atomic E-state index is 0.0531. The molecular formula is C20H24N4O2. The van der Waals surface area contributed by atoms with Crippen molar-refractivity contribution in [2.45, 2.75) is 25.7 Å². The summed E-state index contributed by atoms with van der Waals surface area (Å²) < 4.78 is 2.42. The lowest BCUT2D eigenvalue weighted by Crippen LogP contribution is -2.44. The topological polar surface area (TPSA) is 71.0 Å². The summed E-state index contributed by atoms with van der Waals surface area (Å²) in [7, 11) is 3.03. The van der Waals surface area contributed by atoms with Crippen molar-refractivity contribution in [1.29, 1.82) is 5.26 Å². The van der Waals surface area contributed by atoms with Crippen LogP contribution >= 0.6 is 0 Å². The molecule has 0 aliphatic carbocycles. The smallest absolute Gasteiger partial charge is 0.332 e. The molecule has 1 saturated heterocycles. The van der Waals surface area contributed by atoms with Gasteiger partial charge in [-0.15, -0.1) is 0 Å². The fourth-order valence-electron chi connectivity index (χ4n) is 3.75. The third kappa shape index (κ3) is 3.43. The standard InChI is InChI=1S/C20H24N4O2/c1-22-18(17(14-21)19(25)23(2)20(22)26)24-12-10-16(11-13-24)9-8-15-6-4-3-5-7-15/h3-7,16H,8-13H2,1-2H3. The van der Waals surface area contributed by atoms with Gasteiger partial charge in [0, 0.05) is 27.2 Å². The van der Waals surface area contributed by atoms with E-state index in [1.54, 1.807) is 7.05 Å². The summed E-state index contributed by atoms with van der Waals surface area (Å²) in [5.41, 5.74) is 0.500. The molecule has 2 aromatic rings. The average Bonchev–Trinajstić information content (AvgIpc) is 2.68. The monoisotopic (exact) mass is 352 g/mol. The lowest BCUT2D eigenvalue weighted by molar-refractivity contribution is 0.378. The van der Waals surface area contributed by atoms with E-state index in [1.165, 1.54) is 17.2 Å². The van der Waals surface area contributed by atoms with E-state index in [9.17, 15) is 14.9 Å². The van der Waals surface area contributed by atoms with Gasteiger partial charge in [-0.25, -0.2) is 4.79 Å². The number of rotatable bonds is 4. The molecule has 0 spiro atoms. The van der Waals surface area contributed by atoms with Crippen LogP contribution < -0.4 is 16.1 Å². The van der Waals surface area contributed by atoms with Gasteiger partial charge in [0.1, 0.15) is 11.9 Å². The van der Waals surface area contributed by atoms with Crippen LogP contribution in [0.5, 0.6) is 0 Å². The number of piperidine rings is 1. The number of nitrogens with zero attached hydrogens (tertiary/aromatic N) is 4. The molecule has 1 aliphatic rings. The van der Waals surface area contributed by atoms with Crippen LogP contribution in [0.4, 0.5) is 5.82 Å². The average molecular weight is 352 g/mol. The summed E-state index contributed by atoms with van der Waals surface area (Å²) in [5.74, 6) is 1.09. The Balaban J connectivity index is 1.72. The van der Waals surface area contributed by atoms with E-state index < -0.39 is 11.2 Å². The van der Waals surface area contributed by atoms with Crippen molar-refractivity contribution in [2.75, 3.05) is 18.0 Å². The Morgan fingerprint density at radius 2 is 1.73 bits per heavy atom. The number of hydrogen-bond acceptors (Lipinski definition) is 4. The van der Waals surface area contributed by atoms with E-state index >= 15 is 0 Å². The molecule has 0 saturated carbocycles. The molecule has 0 atom stereocenters. The molecule has 0 bridgehead atoms. The molecule has 0 N–H and O–H groups in total. The van der Waals surface area contributed by atoms with Crippen molar-refractivity contribution in [1.82, 2.24) is 9.13 Å². The van der Waals surface area contributed by atoms with Crippen molar-refractivity contribution in [3.05, 3.63) is 62.3 Å². The first kappa shape index (κ1) is 18.0. The predicted octanol–water partition coefficient (Wildman–Crippen LogP) is 1.80. The lowest BCUT2D eigenvalue weighted by atomic mass is 9.90. The molecular weight excluding hydrogens is 328 g/mol. The van der Waals surface area contributed by atoms with Crippen LogP contribution in [0.15, 0.2) is 39.9 Å². The number of anilines is 1. The SMILES string of the molecule is Cn1c(N2CCC(CCc3ccccc3)CC2)c(C#N)c(=O)n(C)c1=O. The molecule has 6 nitrogen and oxygen atoms in total. The summed E-state index contributed by atoms with van der Waals surface area (Å²) in [4.78, 5) is 26.5. The molecule has 1 aromatic heterocycles. The Morgan fingerprint density at radius 1 is 1.08 bits per heavy atom. The number of aromatic nitrogens is 2. The zero-order chi connectivity index (χ0) is 18.7. The van der Waals surface area contributed by atoms with Gasteiger partial charge in [0.05, 0.1) is 0 Å². The van der Waals surface area contributed by atoms with Gasteiger partial charge in [-0.1, -0.05) is 30.3 Å². The molecule has 2 heterocycles. The van der Waals surface area contributed by atoms with E-state index in [1.807, 2.05) is 17.0 Å². The Morgan fingerprint density at radius 3 is 2.35 bits per heavy atom. The first-order valence-electron chi connectivity index (χ1n) is 9.02. The minimum Gasteiger partial charge on any atom is -0.357 e. The highest BCUT2D eigenvalue weighted by molar-refractivity contribution is 5.53. The second-order valence-electron chi connectivity index (χ2n) is 6.97. The Labute approximate surface area is 152 Å². The van der Waals surface area contributed by atoms with Gasteiger partial charge in [0.2, 0.25) is 0 Å². The van der Waals surface area contributed by atoms with E-state index in [0.717, 1.165) is 43.3 Å². The minimum atomic E-state index is -0.517. The molecule has 3 rings (SSSR count). The Hall–Kier alpha value is -2.81. The summed E-state index contributed by atoms with van der Waals surface area (Å²) in [5, 5.41) is 9.43. The number of aryl methyl sites for hydroxylation is 1. The first-order valence-corrected chi connectivity index (χ1v) is 9.02. The summed E-state index contributed by atoms with van der Waals surface area (Å²) >= 11 is 0. The molecule has 6 heteroatoms. The maximum absolute atomic E-state index is 12.3. The van der Waals surface area contributed by atoms with Gasteiger partial charge in [-0.3, -0.25) is 13.9 Å². The maximum Gasteiger partial charge on any atom is 0.332 e. The molecule has 1 aliphatic heterocycles. The van der Waals surface area contributed by atoms with Crippen LogP contribution in [0.2, 0.25) is 0 Å². The highest BCUT2D eigenvalue weighted by atomic mass is 16.2. The van der Waals surface area contributed by atoms with Crippen LogP contribution in [-0.4, -0.2) is 22.2 Å². The molecule has 1 aromatic carbocycles. The number of nitriles is 1. The van der Waals surface area contributed by atoms with Crippen LogP contribution in [0.3, 0.4) is 0 Å². The third-order valence-corrected chi connectivity index (χ3v) is 5.34. The second kappa shape index (κ2) is 7.61. The summed E-state index contributed by atoms with van der Waals surface area (Å²) in [6.07, 6.45) is 4.21. The van der Waals surface area contributed by atoms with Gasteiger partial charge >= 0.3 is 5.69 Å². The molecule has 1 fully saturated rings. The van der Waals surface area contributed by atoms with Crippen molar-refractivity contribution in [3.63, 3.8) is 0 Å². The lowest BCUT2D eigenvalue weighted by Gasteiger charge is -2.34. The van der Waals surface area contributed by atoms with Gasteiger partial charge in [-0.2, -0.15) is 5.26 Å². The van der Waals surface area contributed by atoms with Crippen LogP contribution in [0.25, 0.3) is 0 Å². The van der Waals surface area contributed by atoms with Crippen LogP contribution in [0.1, 0.15) is 30.4 Å². The van der Waals surface area contributed by atoms with Gasteiger partial charge in [0.25, 0.3) is 5.56 Å². The highest BCUT2D eigenvalue weighted by Crippen LogP contribution is 2.26. The van der Waals surface area contributed by atoms with Crippen molar-refractivity contribution in [2.24, 2.45) is 20.0 Å². The summed E-state index contributed by atoms with van der Waals surface area (Å²) in [6.45, 7) is 1.52. The van der Waals surface area contributed by atoms with E-state index in [4.69, 9.17) is 0 Å². The van der Waals surface area contributed by atoms with E-state index in [-0.39, 0.29) is 5.56 Å². The number of hydrogen-bond donors (Lipinski definition) is 0. The zero-order valence-electron chi connectivity index (χ0n) is 15.3. The van der Waals surface area contributed by atoms with Gasteiger partial charge < -0.3 is 4.90 Å². The van der Waals surface area contributed by atoms with Gasteiger partial charge in [-0.05, 0) is 37.2 Å².